The Morgan fingerprint density at radius 2 is 2.14 bits per heavy atom. The number of benzene rings is 1. The van der Waals surface area contributed by atoms with E-state index in [4.69, 9.17) is 5.84 Å². The van der Waals surface area contributed by atoms with Crippen LogP contribution in [0.3, 0.4) is 0 Å². The quantitative estimate of drug-likeness (QED) is 0.382. The average Bonchev–Trinajstić information content (AvgIpc) is 2.77. The van der Waals surface area contributed by atoms with Gasteiger partial charge in [0.1, 0.15) is 11.3 Å². The molecule has 0 aliphatic carbocycles. The first-order valence-corrected chi connectivity index (χ1v) is 6.02. The van der Waals surface area contributed by atoms with Crippen molar-refractivity contribution in [3.05, 3.63) is 45.3 Å². The fourth-order valence-corrected chi connectivity index (χ4v) is 1.96. The number of nitrogen functional groups attached to an aromatic ring is 1. The van der Waals surface area contributed by atoms with Crippen molar-refractivity contribution in [2.24, 2.45) is 5.84 Å². The summed E-state index contributed by atoms with van der Waals surface area (Å²) in [6.07, 6.45) is 0. The predicted molar refractivity (Wildman–Crippen MR) is 76.9 cm³/mol. The smallest absolute Gasteiger partial charge is 0.306 e. The third kappa shape index (κ3) is 2.67. The largest absolute Gasteiger partial charge is 0.319 e. The van der Waals surface area contributed by atoms with E-state index in [-0.39, 0.29) is 16.9 Å². The van der Waals surface area contributed by atoms with Crippen LogP contribution in [0.4, 0.5) is 17.1 Å². The number of rotatable bonds is 4. The highest BCUT2D eigenvalue weighted by molar-refractivity contribution is 6.08. The number of anilines is 2. The number of carbonyl (C=O) groups is 1. The molecule has 9 nitrogen and oxygen atoms in total. The van der Waals surface area contributed by atoms with Crippen molar-refractivity contribution in [2.75, 3.05) is 10.7 Å². The zero-order valence-corrected chi connectivity index (χ0v) is 11.4. The van der Waals surface area contributed by atoms with Crippen LogP contribution >= 0.6 is 0 Å². The highest BCUT2D eigenvalue weighted by atomic mass is 16.6. The molecule has 0 saturated carbocycles. The molecule has 5 N–H and O–H groups in total. The summed E-state index contributed by atoms with van der Waals surface area (Å²) in [7, 11) is 0. The van der Waals surface area contributed by atoms with Crippen LogP contribution in [0, 0.1) is 24.0 Å². The summed E-state index contributed by atoms with van der Waals surface area (Å²) in [5, 5.41) is 20.4. The van der Waals surface area contributed by atoms with E-state index in [0.717, 1.165) is 0 Å². The molecule has 0 spiro atoms. The summed E-state index contributed by atoms with van der Waals surface area (Å²) < 4.78 is 0. The number of H-pyrrole nitrogens is 1. The summed E-state index contributed by atoms with van der Waals surface area (Å²) in [6, 6.07) is 4.29. The van der Waals surface area contributed by atoms with Crippen LogP contribution in [0.2, 0.25) is 0 Å². The Balaban J connectivity index is 2.42. The number of nitrogens with two attached hydrogens (primary N) is 1. The standard InChI is InChI=1S/C12H14N6O3/c1-6-10(7(2)17-16-6)14-12(19)8-4-3-5-9(15-13)11(8)18(20)21/h3-5,15H,13H2,1-2H3,(H,14,19)(H,16,17). The molecule has 9 heteroatoms. The summed E-state index contributed by atoms with van der Waals surface area (Å²) in [5.41, 5.74) is 3.57. The molecule has 0 atom stereocenters. The van der Waals surface area contributed by atoms with Crippen molar-refractivity contribution in [1.82, 2.24) is 10.2 Å². The highest BCUT2D eigenvalue weighted by Gasteiger charge is 2.25. The van der Waals surface area contributed by atoms with E-state index >= 15 is 0 Å². The number of nitro benzene ring substituents is 1. The fourth-order valence-electron chi connectivity index (χ4n) is 1.96. The lowest BCUT2D eigenvalue weighted by Gasteiger charge is -2.08. The number of nitro groups is 1. The van der Waals surface area contributed by atoms with Crippen LogP contribution in [0.5, 0.6) is 0 Å². The summed E-state index contributed by atoms with van der Waals surface area (Å²) in [5.74, 6) is 4.64. The first kappa shape index (κ1) is 14.5. The maximum Gasteiger partial charge on any atom is 0.306 e. The van der Waals surface area contributed by atoms with Gasteiger partial charge in [0, 0.05) is 0 Å². The molecule has 0 radical (unpaired) electrons. The summed E-state index contributed by atoms with van der Waals surface area (Å²) >= 11 is 0. The van der Waals surface area contributed by atoms with Crippen LogP contribution in [0.25, 0.3) is 0 Å². The van der Waals surface area contributed by atoms with Crippen molar-refractivity contribution in [3.63, 3.8) is 0 Å². The summed E-state index contributed by atoms with van der Waals surface area (Å²) in [6.45, 7) is 3.45. The van der Waals surface area contributed by atoms with Crippen LogP contribution in [-0.2, 0) is 0 Å². The lowest BCUT2D eigenvalue weighted by atomic mass is 10.1. The maximum atomic E-state index is 12.3. The van der Waals surface area contributed by atoms with Crippen LogP contribution in [0.1, 0.15) is 21.7 Å². The minimum Gasteiger partial charge on any atom is -0.319 e. The van der Waals surface area contributed by atoms with Crippen molar-refractivity contribution in [3.8, 4) is 0 Å². The van der Waals surface area contributed by atoms with Crippen molar-refractivity contribution >= 4 is 23.0 Å². The van der Waals surface area contributed by atoms with Gasteiger partial charge in [0.25, 0.3) is 5.91 Å². The van der Waals surface area contributed by atoms with E-state index in [9.17, 15) is 14.9 Å². The number of amides is 1. The first-order valence-electron chi connectivity index (χ1n) is 6.02. The van der Waals surface area contributed by atoms with Gasteiger partial charge in [0.15, 0.2) is 0 Å². The van der Waals surface area contributed by atoms with Gasteiger partial charge in [-0.2, -0.15) is 5.10 Å². The Morgan fingerprint density at radius 3 is 2.67 bits per heavy atom. The number of hydrogen-bond donors (Lipinski definition) is 4. The van der Waals surface area contributed by atoms with Gasteiger partial charge in [-0.15, -0.1) is 0 Å². The number of nitrogens with zero attached hydrogens (tertiary/aromatic N) is 2. The number of para-hydroxylation sites is 1. The van der Waals surface area contributed by atoms with Crippen molar-refractivity contribution in [2.45, 2.75) is 13.8 Å². The van der Waals surface area contributed by atoms with Crippen LogP contribution in [-0.4, -0.2) is 21.0 Å². The van der Waals surface area contributed by atoms with E-state index in [1.165, 1.54) is 18.2 Å². The van der Waals surface area contributed by atoms with Crippen LogP contribution in [0.15, 0.2) is 18.2 Å². The number of aryl methyl sites for hydroxylation is 2. The Labute approximate surface area is 119 Å². The molecule has 21 heavy (non-hydrogen) atoms. The molecule has 0 aliphatic heterocycles. The van der Waals surface area contributed by atoms with Gasteiger partial charge in [-0.3, -0.25) is 25.9 Å². The third-order valence-electron chi connectivity index (χ3n) is 2.99. The molecule has 2 rings (SSSR count). The fraction of sp³-hybridized carbons (Fsp3) is 0.167. The van der Waals surface area contributed by atoms with E-state index in [1.807, 2.05) is 0 Å². The molecule has 1 amide bonds. The third-order valence-corrected chi connectivity index (χ3v) is 2.99. The highest BCUT2D eigenvalue weighted by Crippen LogP contribution is 2.29. The number of carbonyl (C=O) groups excluding carboxylic acids is 1. The molecule has 0 fully saturated rings. The minimum atomic E-state index is -0.654. The molecule has 0 bridgehead atoms. The van der Waals surface area contributed by atoms with Gasteiger partial charge in [0.2, 0.25) is 0 Å². The van der Waals surface area contributed by atoms with Gasteiger partial charge in [0.05, 0.1) is 22.0 Å². The van der Waals surface area contributed by atoms with E-state index in [2.05, 4.69) is 20.9 Å². The Hall–Kier alpha value is -2.94. The zero-order chi connectivity index (χ0) is 15.6. The molecule has 1 aromatic carbocycles. The van der Waals surface area contributed by atoms with Crippen LogP contribution < -0.4 is 16.6 Å². The van der Waals surface area contributed by atoms with Crippen molar-refractivity contribution in [1.29, 1.82) is 0 Å². The zero-order valence-electron chi connectivity index (χ0n) is 11.4. The van der Waals surface area contributed by atoms with Gasteiger partial charge >= 0.3 is 5.69 Å². The minimum absolute atomic E-state index is 0.0632. The second-order valence-electron chi connectivity index (χ2n) is 4.37. The second kappa shape index (κ2) is 5.59. The van der Waals surface area contributed by atoms with Crippen molar-refractivity contribution < 1.29 is 9.72 Å². The molecule has 0 saturated heterocycles. The SMILES string of the molecule is Cc1n[nH]c(C)c1NC(=O)c1cccc(NN)c1[N+](=O)[O-]. The van der Waals surface area contributed by atoms with Gasteiger partial charge in [-0.05, 0) is 26.0 Å². The normalized spacial score (nSPS) is 10.2. The van der Waals surface area contributed by atoms with Gasteiger partial charge in [-0.1, -0.05) is 6.07 Å². The summed E-state index contributed by atoms with van der Waals surface area (Å²) in [4.78, 5) is 22.8. The second-order valence-corrected chi connectivity index (χ2v) is 4.37. The lowest BCUT2D eigenvalue weighted by molar-refractivity contribution is -0.384. The molecule has 0 aliphatic rings. The number of aromatic nitrogens is 2. The molecular formula is C12H14N6O3. The molecule has 1 heterocycles. The Kier molecular flexibility index (Phi) is 3.85. The number of hydrazine groups is 1. The van der Waals surface area contributed by atoms with E-state index in [1.54, 1.807) is 13.8 Å². The molecule has 110 valence electrons. The predicted octanol–water partition coefficient (Wildman–Crippen LogP) is 1.47. The molecule has 2 aromatic rings. The van der Waals surface area contributed by atoms with E-state index < -0.39 is 10.8 Å². The number of nitrogens with one attached hydrogen (secondary N) is 3. The molecule has 0 unspecified atom stereocenters. The number of hydrogen-bond acceptors (Lipinski definition) is 6. The molecular weight excluding hydrogens is 276 g/mol. The van der Waals surface area contributed by atoms with Gasteiger partial charge in [-0.25, -0.2) is 0 Å². The average molecular weight is 290 g/mol. The Morgan fingerprint density at radius 1 is 1.43 bits per heavy atom. The Bertz CT molecular complexity index is 690. The number of aromatic amines is 1. The first-order chi connectivity index (χ1) is 9.95. The maximum absolute atomic E-state index is 12.3. The topological polar surface area (TPSA) is 139 Å². The van der Waals surface area contributed by atoms with Gasteiger partial charge < -0.3 is 10.7 Å². The monoisotopic (exact) mass is 290 g/mol. The molecule has 1 aromatic heterocycles. The lowest BCUT2D eigenvalue weighted by Crippen LogP contribution is -2.17. The van der Waals surface area contributed by atoms with E-state index in [0.29, 0.717) is 17.1 Å².